The van der Waals surface area contributed by atoms with Crippen LogP contribution in [-0.4, -0.2) is 11.9 Å². The SMILES string of the molecule is C=C(C)C(=O)Oc1cccc(N(c2ccccc2)c2ccc3c(c2)C(C)(C)c2cc(N(c4ccccc4)c4cccc(OC(=O)C(=C)C)c4)ccc2-3)c1. The van der Waals surface area contributed by atoms with Gasteiger partial charge in [0.05, 0.1) is 0 Å². The van der Waals surface area contributed by atoms with Crippen molar-refractivity contribution in [3.63, 3.8) is 0 Å². The molecule has 6 aromatic rings. The largest absolute Gasteiger partial charge is 0.423 e. The van der Waals surface area contributed by atoms with E-state index in [0.717, 1.165) is 34.1 Å². The van der Waals surface area contributed by atoms with Gasteiger partial charge in [-0.05, 0) is 109 Å². The van der Waals surface area contributed by atoms with Crippen molar-refractivity contribution in [2.24, 2.45) is 0 Å². The standard InChI is InChI=1S/C47H40N2O4/c1-31(2)45(50)52-39-21-13-19-35(27-39)48(33-15-9-7-10-16-33)37-23-25-41-42-26-24-38(30-44(42)47(5,6)43(41)29-37)49(34-17-11-8-12-18-34)36-20-14-22-40(28-36)53-46(51)32(3)4/h7-30H,1,3H2,2,4-6H3. The molecule has 53 heavy (non-hydrogen) atoms. The summed E-state index contributed by atoms with van der Waals surface area (Å²) >= 11 is 0. The van der Waals surface area contributed by atoms with E-state index in [2.05, 4.69) is 97.5 Å². The Hall–Kier alpha value is -6.66. The molecule has 0 spiro atoms. The zero-order valence-corrected chi connectivity index (χ0v) is 30.3. The van der Waals surface area contributed by atoms with E-state index in [1.807, 2.05) is 72.8 Å². The summed E-state index contributed by atoms with van der Waals surface area (Å²) in [6.45, 7) is 15.3. The van der Waals surface area contributed by atoms with Crippen LogP contribution in [0.4, 0.5) is 34.1 Å². The molecule has 6 aromatic carbocycles. The summed E-state index contributed by atoms with van der Waals surface area (Å²) < 4.78 is 11.2. The average Bonchev–Trinajstić information content (AvgIpc) is 3.38. The highest BCUT2D eigenvalue weighted by Gasteiger charge is 2.37. The zero-order valence-electron chi connectivity index (χ0n) is 30.3. The van der Waals surface area contributed by atoms with Crippen LogP contribution < -0.4 is 19.3 Å². The fourth-order valence-electron chi connectivity index (χ4n) is 6.80. The molecule has 1 aliphatic carbocycles. The Labute approximate surface area is 310 Å². The number of anilines is 6. The highest BCUT2D eigenvalue weighted by molar-refractivity contribution is 5.91. The molecule has 0 N–H and O–H groups in total. The zero-order chi connectivity index (χ0) is 37.3. The van der Waals surface area contributed by atoms with Crippen molar-refractivity contribution in [3.8, 4) is 22.6 Å². The predicted octanol–water partition coefficient (Wildman–Crippen LogP) is 11.9. The molecule has 6 heteroatoms. The lowest BCUT2D eigenvalue weighted by Gasteiger charge is -2.29. The van der Waals surface area contributed by atoms with Gasteiger partial charge in [0.2, 0.25) is 0 Å². The van der Waals surface area contributed by atoms with Gasteiger partial charge in [-0.15, -0.1) is 0 Å². The number of carbonyl (C=O) groups is 2. The van der Waals surface area contributed by atoms with Crippen LogP contribution in [0.1, 0.15) is 38.8 Å². The minimum absolute atomic E-state index is 0.336. The Morgan fingerprint density at radius 3 is 1.21 bits per heavy atom. The second kappa shape index (κ2) is 14.2. The van der Waals surface area contributed by atoms with Crippen LogP contribution in [0.3, 0.4) is 0 Å². The van der Waals surface area contributed by atoms with Crippen molar-refractivity contribution in [3.05, 3.63) is 181 Å². The number of benzene rings is 6. The second-order valence-electron chi connectivity index (χ2n) is 13.8. The quantitative estimate of drug-likeness (QED) is 0.0807. The molecule has 262 valence electrons. The van der Waals surface area contributed by atoms with Gasteiger partial charge in [-0.3, -0.25) is 0 Å². The molecule has 0 amide bonds. The smallest absolute Gasteiger partial charge is 0.338 e. The van der Waals surface area contributed by atoms with E-state index in [1.165, 1.54) is 22.3 Å². The molecule has 6 nitrogen and oxygen atoms in total. The van der Waals surface area contributed by atoms with E-state index >= 15 is 0 Å². The molecule has 0 fully saturated rings. The number of nitrogens with zero attached hydrogens (tertiary/aromatic N) is 2. The van der Waals surface area contributed by atoms with Crippen molar-refractivity contribution in [2.45, 2.75) is 33.1 Å². The number of esters is 2. The average molecular weight is 697 g/mol. The summed E-state index contributed by atoms with van der Waals surface area (Å²) in [7, 11) is 0. The van der Waals surface area contributed by atoms with Crippen LogP contribution in [0.15, 0.2) is 170 Å². The number of carbonyl (C=O) groups excluding carboxylic acids is 2. The molecule has 0 radical (unpaired) electrons. The molecular weight excluding hydrogens is 657 g/mol. The van der Waals surface area contributed by atoms with Crippen LogP contribution in [0.5, 0.6) is 11.5 Å². The molecule has 0 aromatic heterocycles. The van der Waals surface area contributed by atoms with Crippen molar-refractivity contribution >= 4 is 46.1 Å². The molecule has 0 atom stereocenters. The maximum absolute atomic E-state index is 12.4. The van der Waals surface area contributed by atoms with E-state index in [0.29, 0.717) is 22.6 Å². The number of ether oxygens (including phenoxy) is 2. The van der Waals surface area contributed by atoms with Crippen LogP contribution in [-0.2, 0) is 15.0 Å². The van der Waals surface area contributed by atoms with Crippen LogP contribution in [0.2, 0.25) is 0 Å². The van der Waals surface area contributed by atoms with Crippen molar-refractivity contribution < 1.29 is 19.1 Å². The van der Waals surface area contributed by atoms with Gasteiger partial charge in [0.1, 0.15) is 11.5 Å². The Balaban J connectivity index is 1.30. The van der Waals surface area contributed by atoms with Gasteiger partial charge in [0.15, 0.2) is 0 Å². The van der Waals surface area contributed by atoms with Gasteiger partial charge >= 0.3 is 11.9 Å². The Kier molecular flexibility index (Phi) is 9.29. The Morgan fingerprint density at radius 2 is 0.830 bits per heavy atom. The van der Waals surface area contributed by atoms with Gasteiger partial charge in [-0.2, -0.15) is 0 Å². The molecule has 1 aliphatic rings. The summed E-state index contributed by atoms with van der Waals surface area (Å²) in [5.41, 5.74) is 10.7. The summed E-state index contributed by atoms with van der Waals surface area (Å²) in [6, 6.07) is 48.6. The third-order valence-corrected chi connectivity index (χ3v) is 9.46. The molecule has 7 rings (SSSR count). The number of hydrogen-bond acceptors (Lipinski definition) is 6. The van der Waals surface area contributed by atoms with Crippen molar-refractivity contribution in [1.29, 1.82) is 0 Å². The second-order valence-corrected chi connectivity index (χ2v) is 13.8. The number of hydrogen-bond donors (Lipinski definition) is 0. The summed E-state index contributed by atoms with van der Waals surface area (Å²) in [6.07, 6.45) is 0. The highest BCUT2D eigenvalue weighted by atomic mass is 16.5. The number of fused-ring (bicyclic) bond motifs is 3. The predicted molar refractivity (Wildman–Crippen MR) is 214 cm³/mol. The molecule has 0 saturated heterocycles. The third-order valence-electron chi connectivity index (χ3n) is 9.46. The Morgan fingerprint density at radius 1 is 0.472 bits per heavy atom. The molecule has 0 heterocycles. The maximum Gasteiger partial charge on any atom is 0.338 e. The summed E-state index contributed by atoms with van der Waals surface area (Å²) in [5, 5.41) is 0. The highest BCUT2D eigenvalue weighted by Crippen LogP contribution is 2.52. The van der Waals surface area contributed by atoms with E-state index in [1.54, 1.807) is 26.0 Å². The summed E-state index contributed by atoms with van der Waals surface area (Å²) in [4.78, 5) is 29.1. The fraction of sp³-hybridized carbons (Fsp3) is 0.106. The lowest BCUT2D eigenvalue weighted by molar-refractivity contribution is -0.130. The lowest BCUT2D eigenvalue weighted by Crippen LogP contribution is -2.18. The maximum atomic E-state index is 12.4. The first-order chi connectivity index (χ1) is 25.5. The van der Waals surface area contributed by atoms with Gasteiger partial charge in [-0.25, -0.2) is 9.59 Å². The molecule has 0 aliphatic heterocycles. The third kappa shape index (κ3) is 6.87. The monoisotopic (exact) mass is 696 g/mol. The van der Waals surface area contributed by atoms with E-state index in [9.17, 15) is 9.59 Å². The van der Waals surface area contributed by atoms with Crippen LogP contribution >= 0.6 is 0 Å². The van der Waals surface area contributed by atoms with Crippen LogP contribution in [0, 0.1) is 0 Å². The molecule has 0 saturated carbocycles. The molecular formula is C47H40N2O4. The first kappa shape index (κ1) is 34.8. The van der Waals surface area contributed by atoms with Crippen molar-refractivity contribution in [1.82, 2.24) is 0 Å². The Bertz CT molecular complexity index is 2210. The van der Waals surface area contributed by atoms with Gasteiger partial charge in [0.25, 0.3) is 0 Å². The summed E-state index contributed by atoms with van der Waals surface area (Å²) in [5.74, 6) is -0.0372. The van der Waals surface area contributed by atoms with Gasteiger partial charge in [-0.1, -0.05) is 87.7 Å². The molecule has 0 unspecified atom stereocenters. The van der Waals surface area contributed by atoms with E-state index in [4.69, 9.17) is 9.47 Å². The normalized spacial score (nSPS) is 12.2. The first-order valence-electron chi connectivity index (χ1n) is 17.5. The van der Waals surface area contributed by atoms with Gasteiger partial charge in [0, 0.05) is 62.8 Å². The lowest BCUT2D eigenvalue weighted by atomic mass is 9.82. The van der Waals surface area contributed by atoms with Crippen molar-refractivity contribution in [2.75, 3.05) is 9.80 Å². The first-order valence-corrected chi connectivity index (χ1v) is 17.5. The topological polar surface area (TPSA) is 59.1 Å². The number of rotatable bonds is 10. The van der Waals surface area contributed by atoms with Gasteiger partial charge < -0.3 is 19.3 Å². The fourth-order valence-corrected chi connectivity index (χ4v) is 6.80. The van der Waals surface area contributed by atoms with E-state index in [-0.39, 0.29) is 5.41 Å². The minimum atomic E-state index is -0.463. The minimum Gasteiger partial charge on any atom is -0.423 e. The molecule has 0 bridgehead atoms. The number of para-hydroxylation sites is 2. The van der Waals surface area contributed by atoms with E-state index < -0.39 is 11.9 Å². The van der Waals surface area contributed by atoms with Crippen LogP contribution in [0.25, 0.3) is 11.1 Å².